The van der Waals surface area contributed by atoms with Gasteiger partial charge in [-0.3, -0.25) is 4.98 Å². The molecule has 0 bridgehead atoms. The van der Waals surface area contributed by atoms with E-state index in [1.54, 1.807) is 19.5 Å². The van der Waals surface area contributed by atoms with Gasteiger partial charge in [0, 0.05) is 25.8 Å². The second-order valence-corrected chi connectivity index (χ2v) is 4.30. The van der Waals surface area contributed by atoms with Crippen LogP contribution < -0.4 is 10.1 Å². The molecule has 1 N–H and O–H groups in total. The van der Waals surface area contributed by atoms with Crippen molar-refractivity contribution in [1.82, 2.24) is 10.3 Å². The van der Waals surface area contributed by atoms with E-state index in [0.717, 1.165) is 12.2 Å². The zero-order valence-corrected chi connectivity index (χ0v) is 10.8. The summed E-state index contributed by atoms with van der Waals surface area (Å²) < 4.78 is 16.6. The second-order valence-electron chi connectivity index (χ2n) is 4.30. The number of rotatable bonds is 7. The molecule has 0 aromatic carbocycles. The van der Waals surface area contributed by atoms with Crippen LogP contribution in [0.25, 0.3) is 0 Å². The predicted molar refractivity (Wildman–Crippen MR) is 67.7 cm³/mol. The topological polar surface area (TPSA) is 52.6 Å². The van der Waals surface area contributed by atoms with Crippen LogP contribution in [0.1, 0.15) is 6.42 Å². The van der Waals surface area contributed by atoms with E-state index in [-0.39, 0.29) is 12.2 Å². The Balaban J connectivity index is 1.84. The average molecular weight is 252 g/mol. The lowest BCUT2D eigenvalue weighted by Gasteiger charge is -2.43. The fraction of sp³-hybridized carbons (Fsp3) is 0.615. The van der Waals surface area contributed by atoms with Crippen LogP contribution in [-0.4, -0.2) is 50.6 Å². The number of hydrogen-bond acceptors (Lipinski definition) is 5. The molecule has 5 heteroatoms. The molecule has 1 aliphatic rings. The van der Waals surface area contributed by atoms with E-state index in [1.807, 2.05) is 19.2 Å². The fourth-order valence-electron chi connectivity index (χ4n) is 2.06. The number of methoxy groups -OCH3 is 1. The van der Waals surface area contributed by atoms with Crippen LogP contribution >= 0.6 is 0 Å². The first-order chi connectivity index (χ1) is 8.85. The minimum atomic E-state index is 0.0744. The number of ether oxygens (including phenoxy) is 3. The smallest absolute Gasteiger partial charge is 0.138 e. The molecule has 1 fully saturated rings. The molecule has 2 rings (SSSR count). The Morgan fingerprint density at radius 1 is 1.44 bits per heavy atom. The van der Waals surface area contributed by atoms with Crippen molar-refractivity contribution < 1.29 is 14.2 Å². The molecule has 1 saturated carbocycles. The molecule has 3 unspecified atom stereocenters. The monoisotopic (exact) mass is 252 g/mol. The van der Waals surface area contributed by atoms with Crippen LogP contribution in [0.3, 0.4) is 0 Å². The molecule has 0 aliphatic heterocycles. The van der Waals surface area contributed by atoms with Gasteiger partial charge in [-0.25, -0.2) is 0 Å². The van der Waals surface area contributed by atoms with Gasteiger partial charge in [-0.05, 0) is 19.2 Å². The van der Waals surface area contributed by atoms with E-state index in [0.29, 0.717) is 19.3 Å². The van der Waals surface area contributed by atoms with E-state index in [4.69, 9.17) is 14.2 Å². The summed E-state index contributed by atoms with van der Waals surface area (Å²) in [6, 6.07) is 4.12. The Morgan fingerprint density at radius 2 is 2.33 bits per heavy atom. The van der Waals surface area contributed by atoms with Gasteiger partial charge in [0.25, 0.3) is 0 Å². The normalized spacial score (nSPS) is 26.7. The van der Waals surface area contributed by atoms with Gasteiger partial charge < -0.3 is 19.5 Å². The van der Waals surface area contributed by atoms with Crippen molar-refractivity contribution in [2.24, 2.45) is 0 Å². The van der Waals surface area contributed by atoms with Gasteiger partial charge >= 0.3 is 0 Å². The van der Waals surface area contributed by atoms with E-state index in [2.05, 4.69) is 10.3 Å². The molecular formula is C13H20N2O3. The zero-order valence-electron chi connectivity index (χ0n) is 10.8. The van der Waals surface area contributed by atoms with Gasteiger partial charge in [0.1, 0.15) is 18.0 Å². The van der Waals surface area contributed by atoms with Crippen molar-refractivity contribution in [3.63, 3.8) is 0 Å². The van der Waals surface area contributed by atoms with Gasteiger partial charge in [0.05, 0.1) is 19.4 Å². The minimum Gasteiger partial charge on any atom is -0.486 e. The van der Waals surface area contributed by atoms with Crippen LogP contribution in [0.2, 0.25) is 0 Å². The van der Waals surface area contributed by atoms with E-state index < -0.39 is 0 Å². The van der Waals surface area contributed by atoms with Crippen molar-refractivity contribution in [3.05, 3.63) is 24.5 Å². The Bertz CT molecular complexity index is 347. The Hall–Kier alpha value is -1.17. The first kappa shape index (κ1) is 13.3. The molecule has 0 saturated heterocycles. The number of hydrogen-bond donors (Lipinski definition) is 1. The minimum absolute atomic E-state index is 0.0744. The van der Waals surface area contributed by atoms with Crippen molar-refractivity contribution in [3.8, 4) is 5.75 Å². The number of nitrogens with one attached hydrogen (secondary N) is 1. The zero-order chi connectivity index (χ0) is 12.8. The third-order valence-electron chi connectivity index (χ3n) is 3.14. The fourth-order valence-corrected chi connectivity index (χ4v) is 2.06. The van der Waals surface area contributed by atoms with Crippen LogP contribution in [-0.2, 0) is 9.47 Å². The maximum absolute atomic E-state index is 5.86. The molecule has 0 radical (unpaired) electrons. The number of pyridine rings is 1. The first-order valence-corrected chi connectivity index (χ1v) is 6.19. The summed E-state index contributed by atoms with van der Waals surface area (Å²) in [4.78, 5) is 4.03. The first-order valence-electron chi connectivity index (χ1n) is 6.19. The van der Waals surface area contributed by atoms with Gasteiger partial charge in [-0.15, -0.1) is 0 Å². The Kier molecular flexibility index (Phi) is 4.92. The quantitative estimate of drug-likeness (QED) is 0.729. The molecule has 1 heterocycles. The highest BCUT2D eigenvalue weighted by Crippen LogP contribution is 2.28. The van der Waals surface area contributed by atoms with Crippen LogP contribution in [0, 0.1) is 0 Å². The molecule has 1 aromatic rings. The molecule has 1 aliphatic carbocycles. The molecule has 0 spiro atoms. The van der Waals surface area contributed by atoms with Gasteiger partial charge in [-0.2, -0.15) is 0 Å². The highest BCUT2D eigenvalue weighted by atomic mass is 16.6. The third kappa shape index (κ3) is 3.19. The highest BCUT2D eigenvalue weighted by Gasteiger charge is 2.43. The average Bonchev–Trinajstić information content (AvgIpc) is 2.40. The van der Waals surface area contributed by atoms with E-state index >= 15 is 0 Å². The number of aromatic nitrogens is 1. The summed E-state index contributed by atoms with van der Waals surface area (Å²) in [5.41, 5.74) is 0. The number of nitrogens with zero attached hydrogens (tertiary/aromatic N) is 1. The van der Waals surface area contributed by atoms with Crippen LogP contribution in [0.15, 0.2) is 24.5 Å². The molecule has 18 heavy (non-hydrogen) atoms. The summed E-state index contributed by atoms with van der Waals surface area (Å²) >= 11 is 0. The van der Waals surface area contributed by atoms with Crippen molar-refractivity contribution in [1.29, 1.82) is 0 Å². The summed E-state index contributed by atoms with van der Waals surface area (Å²) in [6.45, 7) is 1.19. The lowest BCUT2D eigenvalue weighted by atomic mass is 9.85. The van der Waals surface area contributed by atoms with Crippen molar-refractivity contribution >= 4 is 0 Å². The predicted octanol–water partition coefficient (Wildman–Crippen LogP) is 0.852. The third-order valence-corrected chi connectivity index (χ3v) is 3.14. The number of likely N-dealkylation sites (N-methyl/N-ethyl adjacent to an activating group) is 1. The van der Waals surface area contributed by atoms with Crippen LogP contribution in [0.5, 0.6) is 5.75 Å². The molecule has 3 atom stereocenters. The van der Waals surface area contributed by atoms with Gasteiger partial charge in [-0.1, -0.05) is 0 Å². The van der Waals surface area contributed by atoms with Crippen LogP contribution in [0.4, 0.5) is 0 Å². The molecule has 1 aromatic heterocycles. The van der Waals surface area contributed by atoms with Crippen molar-refractivity contribution in [2.75, 3.05) is 27.4 Å². The lowest BCUT2D eigenvalue weighted by molar-refractivity contribution is -0.114. The van der Waals surface area contributed by atoms with Gasteiger partial charge in [0.15, 0.2) is 0 Å². The Labute approximate surface area is 107 Å². The maximum Gasteiger partial charge on any atom is 0.138 e. The van der Waals surface area contributed by atoms with E-state index in [9.17, 15) is 0 Å². The standard InChI is InChI=1S/C13H20N2O3/c1-14-11-8-12(13(11)17-7-6-16-2)18-10-4-3-5-15-9-10/h3-5,9,11-14H,6-8H2,1-2H3. The molecule has 100 valence electrons. The van der Waals surface area contributed by atoms with Crippen molar-refractivity contribution in [2.45, 2.75) is 24.7 Å². The summed E-state index contributed by atoms with van der Waals surface area (Å²) in [5.74, 6) is 0.789. The molecule has 0 amide bonds. The summed E-state index contributed by atoms with van der Waals surface area (Å²) in [5, 5.41) is 3.23. The lowest BCUT2D eigenvalue weighted by Crippen LogP contribution is -2.60. The Morgan fingerprint density at radius 3 is 3.00 bits per heavy atom. The summed E-state index contributed by atoms with van der Waals surface area (Å²) in [6.07, 6.45) is 4.56. The highest BCUT2D eigenvalue weighted by molar-refractivity contribution is 5.17. The second kappa shape index (κ2) is 6.68. The summed E-state index contributed by atoms with van der Waals surface area (Å²) in [7, 11) is 3.61. The van der Waals surface area contributed by atoms with E-state index in [1.165, 1.54) is 0 Å². The largest absolute Gasteiger partial charge is 0.486 e. The maximum atomic E-state index is 5.86. The molecular weight excluding hydrogens is 232 g/mol. The SMILES string of the molecule is CNC1CC(Oc2cccnc2)C1OCCOC. The van der Waals surface area contributed by atoms with Gasteiger partial charge in [0.2, 0.25) is 0 Å². The molecule has 5 nitrogen and oxygen atoms in total.